The highest BCUT2D eigenvalue weighted by atomic mass is 32.2. The molecule has 0 amide bonds. The van der Waals surface area contributed by atoms with Gasteiger partial charge < -0.3 is 0 Å². The fourth-order valence-corrected chi connectivity index (χ4v) is 5.16. The van der Waals surface area contributed by atoms with Crippen LogP contribution in [0.15, 0.2) is 62.7 Å². The fourth-order valence-electron chi connectivity index (χ4n) is 2.68. The largest absolute Gasteiger partial charge is 0.288 e. The molecule has 3 rings (SSSR count). The van der Waals surface area contributed by atoms with Crippen LogP contribution in [0.4, 0.5) is 0 Å². The van der Waals surface area contributed by atoms with Crippen LogP contribution in [0.2, 0.25) is 0 Å². The normalized spacial score (nSPS) is 15.4. The minimum Gasteiger partial charge on any atom is -0.288 e. The molecule has 0 fully saturated rings. The molecule has 144 valence electrons. The standard InChI is InChI=1S/C18H21N3O4S2/c1-3-4-13-21(27(24,25)15-11-9-14(2)10-12-15)19-18-16-7-5-6-8-17(16)26(22,23)20-18/h5-12H,3-4,13H2,1-2H3,(H,19,20). The molecule has 0 radical (unpaired) electrons. The number of sulfonamides is 2. The molecule has 2 aromatic rings. The number of nitrogens with zero attached hydrogens (tertiary/aromatic N) is 2. The van der Waals surface area contributed by atoms with Crippen molar-refractivity contribution in [2.75, 3.05) is 6.54 Å². The molecular formula is C18H21N3O4S2. The van der Waals surface area contributed by atoms with Crippen molar-refractivity contribution in [1.82, 2.24) is 9.84 Å². The highest BCUT2D eigenvalue weighted by molar-refractivity contribution is 7.91. The van der Waals surface area contributed by atoms with Crippen LogP contribution >= 0.6 is 0 Å². The first-order valence-corrected chi connectivity index (χ1v) is 11.4. The molecule has 1 aliphatic heterocycles. The Morgan fingerprint density at radius 1 is 1.07 bits per heavy atom. The smallest absolute Gasteiger partial charge is 0.285 e. The minimum absolute atomic E-state index is 0.0115. The van der Waals surface area contributed by atoms with Gasteiger partial charge in [-0.1, -0.05) is 43.2 Å². The van der Waals surface area contributed by atoms with Crippen LogP contribution < -0.4 is 5.43 Å². The molecule has 7 nitrogen and oxygen atoms in total. The summed E-state index contributed by atoms with van der Waals surface area (Å²) in [5.41, 5.74) is 4.04. The van der Waals surface area contributed by atoms with E-state index in [9.17, 15) is 16.8 Å². The molecule has 0 atom stereocenters. The zero-order valence-corrected chi connectivity index (χ0v) is 16.7. The molecule has 0 saturated carbocycles. The second-order valence-electron chi connectivity index (χ2n) is 6.27. The lowest BCUT2D eigenvalue weighted by Crippen LogP contribution is -2.46. The molecule has 0 bridgehead atoms. The number of hydrogen-bond donors (Lipinski definition) is 1. The summed E-state index contributed by atoms with van der Waals surface area (Å²) in [5.74, 6) is 0.0115. The Kier molecular flexibility index (Phi) is 5.36. The van der Waals surface area contributed by atoms with E-state index < -0.39 is 20.0 Å². The van der Waals surface area contributed by atoms with Crippen molar-refractivity contribution in [1.29, 1.82) is 0 Å². The maximum atomic E-state index is 13.1. The van der Waals surface area contributed by atoms with Crippen molar-refractivity contribution in [2.24, 2.45) is 4.40 Å². The van der Waals surface area contributed by atoms with E-state index >= 15 is 0 Å². The van der Waals surface area contributed by atoms with Crippen LogP contribution in [0.25, 0.3) is 0 Å². The molecule has 0 saturated heterocycles. The number of fused-ring (bicyclic) bond motifs is 1. The summed E-state index contributed by atoms with van der Waals surface area (Å²) in [6.45, 7) is 4.01. The first-order chi connectivity index (χ1) is 12.8. The van der Waals surface area contributed by atoms with Crippen LogP contribution in [0, 0.1) is 6.92 Å². The van der Waals surface area contributed by atoms with Crippen LogP contribution in [-0.2, 0) is 20.0 Å². The van der Waals surface area contributed by atoms with Gasteiger partial charge in [-0.25, -0.2) is 8.42 Å². The Balaban J connectivity index is 1.98. The molecule has 1 N–H and O–H groups in total. The average molecular weight is 408 g/mol. The van der Waals surface area contributed by atoms with Gasteiger partial charge in [0.1, 0.15) is 4.90 Å². The van der Waals surface area contributed by atoms with E-state index in [1.54, 1.807) is 30.3 Å². The predicted octanol–water partition coefficient (Wildman–Crippen LogP) is 2.44. The third-order valence-electron chi connectivity index (χ3n) is 4.19. The summed E-state index contributed by atoms with van der Waals surface area (Å²) in [6.07, 6.45) is 1.39. The van der Waals surface area contributed by atoms with E-state index in [2.05, 4.69) is 9.82 Å². The second kappa shape index (κ2) is 7.41. The lowest BCUT2D eigenvalue weighted by atomic mass is 10.2. The maximum Gasteiger partial charge on any atom is 0.285 e. The number of hydrogen-bond acceptors (Lipinski definition) is 5. The number of aryl methyl sites for hydroxylation is 1. The Bertz CT molecular complexity index is 1080. The highest BCUT2D eigenvalue weighted by Crippen LogP contribution is 2.26. The summed E-state index contributed by atoms with van der Waals surface area (Å²) in [5, 5.41) is 0. The van der Waals surface area contributed by atoms with Crippen molar-refractivity contribution in [3.8, 4) is 0 Å². The van der Waals surface area contributed by atoms with Crippen LogP contribution in [0.5, 0.6) is 0 Å². The van der Waals surface area contributed by atoms with E-state index in [4.69, 9.17) is 0 Å². The van der Waals surface area contributed by atoms with Gasteiger partial charge in [0.05, 0.1) is 4.90 Å². The van der Waals surface area contributed by atoms with E-state index in [0.717, 1.165) is 16.4 Å². The second-order valence-corrected chi connectivity index (χ2v) is 9.70. The molecule has 1 heterocycles. The van der Waals surface area contributed by atoms with Crippen molar-refractivity contribution < 1.29 is 16.8 Å². The van der Waals surface area contributed by atoms with Gasteiger partial charge in [0, 0.05) is 12.1 Å². The Hall–Kier alpha value is -2.23. The molecule has 2 aromatic carbocycles. The van der Waals surface area contributed by atoms with Gasteiger partial charge in [0.2, 0.25) is 0 Å². The Morgan fingerprint density at radius 3 is 2.41 bits per heavy atom. The maximum absolute atomic E-state index is 13.1. The van der Waals surface area contributed by atoms with Gasteiger partial charge in [-0.2, -0.15) is 8.42 Å². The van der Waals surface area contributed by atoms with Gasteiger partial charge in [0.15, 0.2) is 5.84 Å². The molecule has 0 aromatic heterocycles. The molecule has 9 heteroatoms. The number of nitrogens with one attached hydrogen (secondary N) is 1. The summed E-state index contributed by atoms with van der Waals surface area (Å²) in [7, 11) is -7.70. The van der Waals surface area contributed by atoms with Gasteiger partial charge in [-0.05, 0) is 37.6 Å². The molecule has 0 aliphatic carbocycles. The number of rotatable bonds is 6. The Morgan fingerprint density at radius 2 is 1.74 bits per heavy atom. The minimum atomic E-state index is -3.87. The van der Waals surface area contributed by atoms with Gasteiger partial charge in [-0.15, -0.1) is 8.81 Å². The van der Waals surface area contributed by atoms with Gasteiger partial charge in [0.25, 0.3) is 20.0 Å². The molecule has 1 aliphatic rings. The quantitative estimate of drug-likeness (QED) is 0.742. The topological polar surface area (TPSA) is 95.9 Å². The Labute approximate surface area is 159 Å². The monoisotopic (exact) mass is 407 g/mol. The van der Waals surface area contributed by atoms with Crippen molar-refractivity contribution in [3.63, 3.8) is 0 Å². The van der Waals surface area contributed by atoms with E-state index in [0.29, 0.717) is 12.0 Å². The van der Waals surface area contributed by atoms with Crippen molar-refractivity contribution in [3.05, 3.63) is 59.7 Å². The lowest BCUT2D eigenvalue weighted by molar-refractivity contribution is 0.370. The first kappa shape index (κ1) is 19.5. The zero-order chi connectivity index (χ0) is 19.7. The van der Waals surface area contributed by atoms with Crippen LogP contribution in [0.3, 0.4) is 0 Å². The lowest BCUT2D eigenvalue weighted by Gasteiger charge is -2.23. The van der Waals surface area contributed by atoms with Gasteiger partial charge in [-0.3, -0.25) is 5.43 Å². The number of unbranched alkanes of at least 4 members (excludes halogenated alkanes) is 1. The van der Waals surface area contributed by atoms with E-state index in [-0.39, 0.29) is 22.2 Å². The fraction of sp³-hybridized carbons (Fsp3) is 0.278. The average Bonchev–Trinajstić information content (AvgIpc) is 2.89. The van der Waals surface area contributed by atoms with Gasteiger partial charge >= 0.3 is 0 Å². The third-order valence-corrected chi connectivity index (χ3v) is 7.24. The molecule has 0 spiro atoms. The molecule has 0 unspecified atom stereocenters. The number of amidine groups is 1. The first-order valence-electron chi connectivity index (χ1n) is 8.56. The highest BCUT2D eigenvalue weighted by Gasteiger charge is 2.32. The van der Waals surface area contributed by atoms with Crippen LogP contribution in [0.1, 0.15) is 30.9 Å². The molecule has 27 heavy (non-hydrogen) atoms. The SMILES string of the molecule is CCCCN(NC1=NS(=O)(=O)c2ccccc21)S(=O)(=O)c1ccc(C)cc1. The zero-order valence-electron chi connectivity index (χ0n) is 15.1. The van der Waals surface area contributed by atoms with E-state index in [1.165, 1.54) is 18.2 Å². The number of benzene rings is 2. The predicted molar refractivity (Wildman–Crippen MR) is 103 cm³/mol. The van der Waals surface area contributed by atoms with E-state index in [1.807, 2.05) is 13.8 Å². The number of hydrazine groups is 1. The van der Waals surface area contributed by atoms with Crippen LogP contribution in [-0.4, -0.2) is 33.6 Å². The van der Waals surface area contributed by atoms with Crippen molar-refractivity contribution in [2.45, 2.75) is 36.5 Å². The third kappa shape index (κ3) is 3.90. The summed E-state index contributed by atoms with van der Waals surface area (Å²) >= 11 is 0. The summed E-state index contributed by atoms with van der Waals surface area (Å²) in [6, 6.07) is 12.8. The summed E-state index contributed by atoms with van der Waals surface area (Å²) in [4.78, 5) is 0.196. The molecular weight excluding hydrogens is 386 g/mol. The van der Waals surface area contributed by atoms with Crippen molar-refractivity contribution >= 4 is 25.9 Å². The summed E-state index contributed by atoms with van der Waals surface area (Å²) < 4.78 is 55.4.